The van der Waals surface area contributed by atoms with E-state index in [1.807, 2.05) is 0 Å². The van der Waals surface area contributed by atoms with E-state index in [-0.39, 0.29) is 16.5 Å². The van der Waals surface area contributed by atoms with E-state index in [0.29, 0.717) is 5.56 Å². The van der Waals surface area contributed by atoms with Crippen LogP contribution >= 0.6 is 11.6 Å². The number of nitro groups is 1. The van der Waals surface area contributed by atoms with E-state index >= 15 is 0 Å². The smallest absolute Gasteiger partial charge is 0.341 e. The van der Waals surface area contributed by atoms with Gasteiger partial charge in [0.25, 0.3) is 0 Å². The molecule has 6 nitrogen and oxygen atoms in total. The highest BCUT2D eigenvalue weighted by molar-refractivity contribution is 6.32. The predicted molar refractivity (Wildman–Crippen MR) is 65.2 cm³/mol. The lowest BCUT2D eigenvalue weighted by Gasteiger charge is -2.05. The second-order valence-electron chi connectivity index (χ2n) is 3.42. The number of nitrogens with zero attached hydrogens (tertiary/aromatic N) is 1. The highest BCUT2D eigenvalue weighted by Gasteiger charge is 2.07. The van der Waals surface area contributed by atoms with Crippen molar-refractivity contribution in [2.45, 2.75) is 6.92 Å². The Kier molecular flexibility index (Phi) is 4.67. The number of rotatable bonds is 5. The van der Waals surface area contributed by atoms with Crippen molar-refractivity contribution in [1.29, 1.82) is 0 Å². The van der Waals surface area contributed by atoms with Gasteiger partial charge in [0.2, 0.25) is 5.70 Å². The molecule has 96 valence electrons. The van der Waals surface area contributed by atoms with Gasteiger partial charge in [-0.1, -0.05) is 17.7 Å². The van der Waals surface area contributed by atoms with Crippen molar-refractivity contribution >= 4 is 23.6 Å². The normalized spacial score (nSPS) is 11.1. The van der Waals surface area contributed by atoms with Gasteiger partial charge >= 0.3 is 5.97 Å². The summed E-state index contributed by atoms with van der Waals surface area (Å²) in [7, 11) is 0. The number of allylic oxidation sites excluding steroid dienone is 1. The Bertz CT molecular complexity index is 512. The molecule has 0 saturated heterocycles. The van der Waals surface area contributed by atoms with Gasteiger partial charge in [0.15, 0.2) is 6.61 Å². The standard InChI is InChI=1S/C11H10ClNO5/c1-7(13(16)17)4-8-2-3-10(9(12)5-8)18-6-11(14)15/h2-5H,6H2,1H3,(H,14,15)/b7-4+. The Morgan fingerprint density at radius 2 is 2.28 bits per heavy atom. The Morgan fingerprint density at radius 1 is 1.61 bits per heavy atom. The second kappa shape index (κ2) is 6.02. The van der Waals surface area contributed by atoms with Crippen LogP contribution in [0.4, 0.5) is 0 Å². The van der Waals surface area contributed by atoms with E-state index in [4.69, 9.17) is 21.4 Å². The number of carbonyl (C=O) groups is 1. The zero-order valence-electron chi connectivity index (χ0n) is 9.42. The molecule has 1 rings (SSSR count). The van der Waals surface area contributed by atoms with Gasteiger partial charge in [-0.05, 0) is 17.7 Å². The SMILES string of the molecule is C/C(=C\c1ccc(OCC(=O)O)c(Cl)c1)[N+](=O)[O-]. The highest BCUT2D eigenvalue weighted by atomic mass is 35.5. The molecule has 0 atom stereocenters. The number of halogens is 1. The Morgan fingerprint density at radius 3 is 2.78 bits per heavy atom. The van der Waals surface area contributed by atoms with E-state index in [1.54, 1.807) is 6.07 Å². The van der Waals surface area contributed by atoms with Crippen LogP contribution in [-0.2, 0) is 4.79 Å². The quantitative estimate of drug-likeness (QED) is 0.656. The summed E-state index contributed by atoms with van der Waals surface area (Å²) in [6.45, 7) is 0.867. The number of aliphatic carboxylic acids is 1. The number of benzene rings is 1. The minimum atomic E-state index is -1.11. The molecule has 0 aliphatic heterocycles. The lowest BCUT2D eigenvalue weighted by Crippen LogP contribution is -2.09. The van der Waals surface area contributed by atoms with Gasteiger partial charge in [-0.25, -0.2) is 4.79 Å². The average molecular weight is 272 g/mol. The molecular weight excluding hydrogens is 262 g/mol. The maximum Gasteiger partial charge on any atom is 0.341 e. The van der Waals surface area contributed by atoms with Crippen LogP contribution in [-0.4, -0.2) is 22.6 Å². The molecule has 18 heavy (non-hydrogen) atoms. The van der Waals surface area contributed by atoms with Gasteiger partial charge in [-0.3, -0.25) is 10.1 Å². The van der Waals surface area contributed by atoms with Crippen molar-refractivity contribution in [3.8, 4) is 5.75 Å². The Balaban J connectivity index is 2.89. The predicted octanol–water partition coefficient (Wildman–Crippen LogP) is 2.44. The van der Waals surface area contributed by atoms with Crippen molar-refractivity contribution in [2.24, 2.45) is 0 Å². The molecule has 0 fully saturated rings. The Labute approximate surface area is 108 Å². The third kappa shape index (κ3) is 4.06. The molecule has 1 N–H and O–H groups in total. The zero-order valence-corrected chi connectivity index (χ0v) is 10.2. The fourth-order valence-corrected chi connectivity index (χ4v) is 1.40. The monoisotopic (exact) mass is 271 g/mol. The number of ether oxygens (including phenoxy) is 1. The van der Waals surface area contributed by atoms with Crippen LogP contribution in [0.25, 0.3) is 6.08 Å². The summed E-state index contributed by atoms with van der Waals surface area (Å²) >= 11 is 5.86. The van der Waals surface area contributed by atoms with Crippen molar-refractivity contribution in [1.82, 2.24) is 0 Å². The first kappa shape index (κ1) is 14.0. The molecule has 1 aromatic carbocycles. The first-order valence-corrected chi connectivity index (χ1v) is 5.25. The molecule has 0 aliphatic carbocycles. The maximum absolute atomic E-state index is 10.4. The third-order valence-corrected chi connectivity index (χ3v) is 2.27. The fourth-order valence-electron chi connectivity index (χ4n) is 1.16. The summed E-state index contributed by atoms with van der Waals surface area (Å²) in [6.07, 6.45) is 1.35. The average Bonchev–Trinajstić information content (AvgIpc) is 2.27. The fraction of sp³-hybridized carbons (Fsp3) is 0.182. The summed E-state index contributed by atoms with van der Waals surface area (Å²) in [6, 6.07) is 4.48. The van der Waals surface area contributed by atoms with Gasteiger partial charge in [-0.15, -0.1) is 0 Å². The van der Waals surface area contributed by atoms with Crippen LogP contribution in [0.15, 0.2) is 23.9 Å². The first-order chi connectivity index (χ1) is 8.40. The van der Waals surface area contributed by atoms with Gasteiger partial charge in [0, 0.05) is 13.0 Å². The van der Waals surface area contributed by atoms with Crippen LogP contribution in [0.2, 0.25) is 5.02 Å². The van der Waals surface area contributed by atoms with E-state index in [1.165, 1.54) is 25.1 Å². The molecule has 1 aromatic rings. The van der Waals surface area contributed by atoms with Crippen molar-refractivity contribution in [2.75, 3.05) is 6.61 Å². The van der Waals surface area contributed by atoms with Crippen LogP contribution in [0.5, 0.6) is 5.75 Å². The lowest BCUT2D eigenvalue weighted by atomic mass is 10.2. The number of carboxylic acid groups (broad SMARTS) is 1. The first-order valence-electron chi connectivity index (χ1n) is 4.87. The minimum absolute atomic E-state index is 0.0229. The molecule has 7 heteroatoms. The van der Waals surface area contributed by atoms with Crippen LogP contribution in [0.3, 0.4) is 0 Å². The highest BCUT2D eigenvalue weighted by Crippen LogP contribution is 2.26. The lowest BCUT2D eigenvalue weighted by molar-refractivity contribution is -0.422. The van der Waals surface area contributed by atoms with Crippen molar-refractivity contribution in [3.05, 3.63) is 44.6 Å². The largest absolute Gasteiger partial charge is 0.480 e. The molecule has 0 spiro atoms. The number of carboxylic acids is 1. The molecule has 0 aliphatic rings. The number of hydrogen-bond acceptors (Lipinski definition) is 4. The molecule has 0 bridgehead atoms. The van der Waals surface area contributed by atoms with Gasteiger partial charge < -0.3 is 9.84 Å². The molecule has 0 aromatic heterocycles. The van der Waals surface area contributed by atoms with Crippen molar-refractivity contribution < 1.29 is 19.6 Å². The molecule has 0 heterocycles. The summed E-state index contributed by atoms with van der Waals surface area (Å²) in [5.41, 5.74) is 0.516. The Hall–Kier alpha value is -2.08. The minimum Gasteiger partial charge on any atom is -0.480 e. The molecule has 0 unspecified atom stereocenters. The summed E-state index contributed by atoms with van der Waals surface area (Å²) < 4.78 is 4.92. The van der Waals surface area contributed by atoms with E-state index in [9.17, 15) is 14.9 Å². The van der Waals surface area contributed by atoms with Crippen LogP contribution < -0.4 is 4.74 Å². The topological polar surface area (TPSA) is 89.7 Å². The summed E-state index contributed by atoms with van der Waals surface area (Å²) in [4.78, 5) is 20.3. The van der Waals surface area contributed by atoms with Gasteiger partial charge in [0.1, 0.15) is 5.75 Å². The summed E-state index contributed by atoms with van der Waals surface area (Å²) in [5, 5.41) is 19.1. The maximum atomic E-state index is 10.4. The zero-order chi connectivity index (χ0) is 13.7. The summed E-state index contributed by atoms with van der Waals surface area (Å²) in [5.74, 6) is -0.894. The molecule has 0 radical (unpaired) electrons. The van der Waals surface area contributed by atoms with Crippen LogP contribution in [0.1, 0.15) is 12.5 Å². The van der Waals surface area contributed by atoms with E-state index < -0.39 is 17.5 Å². The molecule has 0 saturated carbocycles. The van der Waals surface area contributed by atoms with E-state index in [2.05, 4.69) is 0 Å². The van der Waals surface area contributed by atoms with Gasteiger partial charge in [0.05, 0.1) is 9.95 Å². The molecule has 0 amide bonds. The van der Waals surface area contributed by atoms with Crippen molar-refractivity contribution in [3.63, 3.8) is 0 Å². The van der Waals surface area contributed by atoms with Gasteiger partial charge in [-0.2, -0.15) is 0 Å². The number of hydrogen-bond donors (Lipinski definition) is 1. The third-order valence-electron chi connectivity index (χ3n) is 1.97. The van der Waals surface area contributed by atoms with E-state index in [0.717, 1.165) is 0 Å². The molecular formula is C11H10ClNO5. The van der Waals surface area contributed by atoms with Crippen LogP contribution in [0, 0.1) is 10.1 Å². The second-order valence-corrected chi connectivity index (χ2v) is 3.82.